The maximum Gasteiger partial charge on any atom is 0.140 e. The van der Waals surface area contributed by atoms with Crippen LogP contribution in [0.3, 0.4) is 0 Å². The van der Waals surface area contributed by atoms with Gasteiger partial charge in [-0.05, 0) is 18.2 Å². The first-order chi connectivity index (χ1) is 8.65. The van der Waals surface area contributed by atoms with Gasteiger partial charge in [0.05, 0.1) is 27.9 Å². The van der Waals surface area contributed by atoms with Gasteiger partial charge in [0.25, 0.3) is 0 Å². The van der Waals surface area contributed by atoms with E-state index in [0.29, 0.717) is 27.1 Å². The van der Waals surface area contributed by atoms with Crippen LogP contribution >= 0.6 is 23.2 Å². The lowest BCUT2D eigenvalue weighted by Gasteiger charge is -2.05. The minimum absolute atomic E-state index is 0.413. The zero-order valence-corrected chi connectivity index (χ0v) is 10.6. The number of hydrogen-bond donors (Lipinski definition) is 2. The largest absolute Gasteiger partial charge is 0.397 e. The highest BCUT2D eigenvalue weighted by atomic mass is 35.5. The number of aromatic amines is 1. The smallest absolute Gasteiger partial charge is 0.140 e. The first kappa shape index (κ1) is 11.3. The lowest BCUT2D eigenvalue weighted by molar-refractivity contribution is 1.33. The molecule has 18 heavy (non-hydrogen) atoms. The molecule has 90 valence electrons. The molecular weight excluding hydrogens is 271 g/mol. The summed E-state index contributed by atoms with van der Waals surface area (Å²) in [5.74, 6) is 0.625. The molecule has 0 radical (unpaired) electrons. The molecule has 0 aliphatic rings. The van der Waals surface area contributed by atoms with E-state index >= 15 is 0 Å². The molecule has 3 aromatic rings. The molecule has 0 atom stereocenters. The fourth-order valence-electron chi connectivity index (χ4n) is 1.77. The van der Waals surface area contributed by atoms with E-state index in [1.54, 1.807) is 24.5 Å². The Balaban J connectivity index is 2.26. The Bertz CT molecular complexity index is 703. The lowest BCUT2D eigenvalue weighted by atomic mass is 10.1. The van der Waals surface area contributed by atoms with E-state index in [-0.39, 0.29) is 0 Å². The van der Waals surface area contributed by atoms with Gasteiger partial charge in [-0.2, -0.15) is 0 Å². The molecule has 0 saturated heterocycles. The van der Waals surface area contributed by atoms with E-state index in [0.717, 1.165) is 11.0 Å². The van der Waals surface area contributed by atoms with Gasteiger partial charge >= 0.3 is 0 Å². The Kier molecular flexibility index (Phi) is 2.61. The molecule has 2 heterocycles. The van der Waals surface area contributed by atoms with Gasteiger partial charge in [0.15, 0.2) is 0 Å². The molecule has 0 unspecified atom stereocenters. The molecule has 0 spiro atoms. The number of anilines is 1. The third-order valence-corrected chi connectivity index (χ3v) is 3.16. The highest BCUT2D eigenvalue weighted by molar-refractivity contribution is 6.37. The highest BCUT2D eigenvalue weighted by Gasteiger charge is 2.12. The molecule has 0 amide bonds. The summed E-state index contributed by atoms with van der Waals surface area (Å²) in [6.07, 6.45) is 3.38. The number of rotatable bonds is 1. The van der Waals surface area contributed by atoms with Crippen LogP contribution in [-0.2, 0) is 0 Å². The van der Waals surface area contributed by atoms with Crippen molar-refractivity contribution in [1.29, 1.82) is 0 Å². The maximum atomic E-state index is 6.00. The van der Waals surface area contributed by atoms with E-state index in [2.05, 4.69) is 15.0 Å². The first-order valence-corrected chi connectivity index (χ1v) is 5.95. The summed E-state index contributed by atoms with van der Waals surface area (Å²) >= 11 is 12.0. The number of fused-ring (bicyclic) bond motifs is 1. The summed E-state index contributed by atoms with van der Waals surface area (Å²) in [6.45, 7) is 0. The second-order valence-corrected chi connectivity index (χ2v) is 4.67. The van der Waals surface area contributed by atoms with Crippen LogP contribution in [0.4, 0.5) is 5.69 Å². The van der Waals surface area contributed by atoms with Crippen LogP contribution in [0, 0.1) is 0 Å². The predicted octanol–water partition coefficient (Wildman–Crippen LogP) is 3.51. The predicted molar refractivity (Wildman–Crippen MR) is 73.8 cm³/mol. The average molecular weight is 279 g/mol. The van der Waals surface area contributed by atoms with Crippen molar-refractivity contribution in [2.75, 3.05) is 5.73 Å². The number of H-pyrrole nitrogens is 1. The van der Waals surface area contributed by atoms with E-state index < -0.39 is 0 Å². The molecule has 2 aromatic heterocycles. The number of nitrogens with two attached hydrogens (primary N) is 1. The van der Waals surface area contributed by atoms with Gasteiger partial charge in [0.1, 0.15) is 5.82 Å². The van der Waals surface area contributed by atoms with Crippen LogP contribution in [-0.4, -0.2) is 15.0 Å². The summed E-state index contributed by atoms with van der Waals surface area (Å²) in [4.78, 5) is 11.6. The van der Waals surface area contributed by atoms with Gasteiger partial charge in [-0.1, -0.05) is 23.2 Å². The fraction of sp³-hybridized carbons (Fsp3) is 0. The highest BCUT2D eigenvalue weighted by Crippen LogP contribution is 2.34. The van der Waals surface area contributed by atoms with Crippen LogP contribution in [0.2, 0.25) is 10.0 Å². The molecule has 0 bridgehead atoms. The SMILES string of the molecule is Nc1c(Cl)cc(Cl)cc1-c1nc2ccncc2[nH]1. The standard InChI is InChI=1S/C12H8Cl2N4/c13-6-3-7(11(15)8(14)4-6)12-17-9-1-2-16-5-10(9)18-12/h1-5H,15H2,(H,17,18). The van der Waals surface area contributed by atoms with Crippen molar-refractivity contribution in [1.82, 2.24) is 15.0 Å². The fourth-order valence-corrected chi connectivity index (χ4v) is 2.26. The number of hydrogen-bond acceptors (Lipinski definition) is 3. The Morgan fingerprint density at radius 2 is 2.06 bits per heavy atom. The molecule has 1 aromatic carbocycles. The minimum Gasteiger partial charge on any atom is -0.397 e. The minimum atomic E-state index is 0.413. The number of halogens is 2. The maximum absolute atomic E-state index is 6.00. The van der Waals surface area contributed by atoms with E-state index in [1.807, 2.05) is 6.07 Å². The second-order valence-electron chi connectivity index (χ2n) is 3.83. The quantitative estimate of drug-likeness (QED) is 0.670. The molecule has 3 N–H and O–H groups in total. The molecule has 0 fully saturated rings. The van der Waals surface area contributed by atoms with Crippen molar-refractivity contribution >= 4 is 39.9 Å². The van der Waals surface area contributed by atoms with Gasteiger partial charge in [0, 0.05) is 16.8 Å². The summed E-state index contributed by atoms with van der Waals surface area (Å²) in [7, 11) is 0. The van der Waals surface area contributed by atoms with Gasteiger partial charge in [0.2, 0.25) is 0 Å². The van der Waals surface area contributed by atoms with E-state index in [4.69, 9.17) is 28.9 Å². The Labute approximate surface area is 113 Å². The molecule has 0 aliphatic carbocycles. The van der Waals surface area contributed by atoms with Crippen molar-refractivity contribution in [3.63, 3.8) is 0 Å². The monoisotopic (exact) mass is 278 g/mol. The number of nitrogens with one attached hydrogen (secondary N) is 1. The summed E-state index contributed by atoms with van der Waals surface area (Å²) in [5, 5.41) is 0.930. The number of nitrogens with zero attached hydrogens (tertiary/aromatic N) is 2. The van der Waals surface area contributed by atoms with Crippen LogP contribution in [0.5, 0.6) is 0 Å². The van der Waals surface area contributed by atoms with Gasteiger partial charge in [-0.15, -0.1) is 0 Å². The van der Waals surface area contributed by atoms with Crippen molar-refractivity contribution in [3.8, 4) is 11.4 Å². The lowest BCUT2D eigenvalue weighted by Crippen LogP contribution is -1.92. The molecule has 3 rings (SSSR count). The summed E-state index contributed by atoms with van der Waals surface area (Å²) in [6, 6.07) is 5.15. The summed E-state index contributed by atoms with van der Waals surface area (Å²) < 4.78 is 0. The summed E-state index contributed by atoms with van der Waals surface area (Å²) in [5.41, 5.74) is 8.73. The van der Waals surface area contributed by atoms with Crippen LogP contribution in [0.15, 0.2) is 30.6 Å². The number of benzene rings is 1. The van der Waals surface area contributed by atoms with Crippen molar-refractivity contribution in [2.24, 2.45) is 0 Å². The number of pyridine rings is 1. The Hall–Kier alpha value is -1.78. The van der Waals surface area contributed by atoms with E-state index in [1.165, 1.54) is 0 Å². The normalized spacial score (nSPS) is 11.0. The van der Waals surface area contributed by atoms with Crippen molar-refractivity contribution in [2.45, 2.75) is 0 Å². The molecule has 6 heteroatoms. The van der Waals surface area contributed by atoms with Crippen LogP contribution in [0.1, 0.15) is 0 Å². The molecule has 0 saturated carbocycles. The van der Waals surface area contributed by atoms with Gasteiger partial charge in [-0.3, -0.25) is 4.98 Å². The average Bonchev–Trinajstić information content (AvgIpc) is 2.77. The van der Waals surface area contributed by atoms with Crippen molar-refractivity contribution in [3.05, 3.63) is 40.6 Å². The molecule has 4 nitrogen and oxygen atoms in total. The zero-order chi connectivity index (χ0) is 12.7. The second kappa shape index (κ2) is 4.15. The number of nitrogen functional groups attached to an aromatic ring is 1. The third kappa shape index (κ3) is 1.79. The Morgan fingerprint density at radius 1 is 1.22 bits per heavy atom. The van der Waals surface area contributed by atoms with Gasteiger partial charge in [-0.25, -0.2) is 4.98 Å². The third-order valence-electron chi connectivity index (χ3n) is 2.63. The first-order valence-electron chi connectivity index (χ1n) is 5.20. The van der Waals surface area contributed by atoms with Crippen LogP contribution < -0.4 is 5.73 Å². The Morgan fingerprint density at radius 3 is 2.83 bits per heavy atom. The number of aromatic nitrogens is 3. The molecule has 0 aliphatic heterocycles. The topological polar surface area (TPSA) is 67.6 Å². The number of imidazole rings is 1. The van der Waals surface area contributed by atoms with Gasteiger partial charge < -0.3 is 10.7 Å². The zero-order valence-electron chi connectivity index (χ0n) is 9.11. The molecular formula is C12H8Cl2N4. The van der Waals surface area contributed by atoms with Crippen molar-refractivity contribution < 1.29 is 0 Å². The van der Waals surface area contributed by atoms with Crippen LogP contribution in [0.25, 0.3) is 22.4 Å². The van der Waals surface area contributed by atoms with E-state index in [9.17, 15) is 0 Å².